The molecule has 124 valence electrons. The number of aryl methyl sites for hydroxylation is 4. The number of fused-ring (bicyclic) bond motifs is 1. The van der Waals surface area contributed by atoms with Crippen molar-refractivity contribution >= 4 is 16.9 Å². The van der Waals surface area contributed by atoms with Crippen LogP contribution >= 0.6 is 0 Å². The monoisotopic (exact) mass is 322 g/mol. The zero-order valence-electron chi connectivity index (χ0n) is 14.7. The van der Waals surface area contributed by atoms with E-state index in [-0.39, 0.29) is 11.9 Å². The SMILES string of the molecule is Cc1cc(C(=O)NC(C)c2ccccc2C)c2c(C)nn(C)c2n1. The van der Waals surface area contributed by atoms with Gasteiger partial charge in [-0.3, -0.25) is 9.48 Å². The minimum atomic E-state index is -0.0997. The molecule has 1 atom stereocenters. The van der Waals surface area contributed by atoms with E-state index in [4.69, 9.17) is 0 Å². The van der Waals surface area contributed by atoms with Crippen molar-refractivity contribution in [3.8, 4) is 0 Å². The van der Waals surface area contributed by atoms with Crippen molar-refractivity contribution < 1.29 is 4.79 Å². The molecule has 2 heterocycles. The molecule has 0 aliphatic heterocycles. The fourth-order valence-corrected chi connectivity index (χ4v) is 3.17. The highest BCUT2D eigenvalue weighted by atomic mass is 16.1. The number of benzene rings is 1. The van der Waals surface area contributed by atoms with Crippen molar-refractivity contribution in [3.63, 3.8) is 0 Å². The lowest BCUT2D eigenvalue weighted by atomic mass is 10.0. The molecule has 3 aromatic rings. The van der Waals surface area contributed by atoms with E-state index >= 15 is 0 Å². The van der Waals surface area contributed by atoms with Gasteiger partial charge < -0.3 is 5.32 Å². The lowest BCUT2D eigenvalue weighted by molar-refractivity contribution is 0.0941. The first kappa shape index (κ1) is 16.2. The summed E-state index contributed by atoms with van der Waals surface area (Å²) in [6.07, 6.45) is 0. The summed E-state index contributed by atoms with van der Waals surface area (Å²) in [7, 11) is 1.85. The number of nitrogens with one attached hydrogen (secondary N) is 1. The summed E-state index contributed by atoms with van der Waals surface area (Å²) in [5.74, 6) is -0.0997. The van der Waals surface area contributed by atoms with Gasteiger partial charge in [0.25, 0.3) is 5.91 Å². The van der Waals surface area contributed by atoms with Gasteiger partial charge in [-0.1, -0.05) is 24.3 Å². The van der Waals surface area contributed by atoms with Gasteiger partial charge in [0.2, 0.25) is 0 Å². The number of hydrogen-bond donors (Lipinski definition) is 1. The lowest BCUT2D eigenvalue weighted by Crippen LogP contribution is -2.27. The van der Waals surface area contributed by atoms with Crippen molar-refractivity contribution in [1.29, 1.82) is 0 Å². The molecule has 5 heteroatoms. The van der Waals surface area contributed by atoms with Gasteiger partial charge in [-0.2, -0.15) is 5.10 Å². The molecular formula is C19H22N4O. The van der Waals surface area contributed by atoms with Crippen LogP contribution in [0.2, 0.25) is 0 Å². The molecule has 1 unspecified atom stereocenters. The molecule has 5 nitrogen and oxygen atoms in total. The van der Waals surface area contributed by atoms with Gasteiger partial charge in [0.05, 0.1) is 22.7 Å². The van der Waals surface area contributed by atoms with Crippen LogP contribution in [0.15, 0.2) is 30.3 Å². The van der Waals surface area contributed by atoms with E-state index < -0.39 is 0 Å². The Bertz CT molecular complexity index is 927. The second kappa shape index (κ2) is 6.07. The number of amides is 1. The molecule has 1 aromatic carbocycles. The molecule has 0 spiro atoms. The zero-order valence-corrected chi connectivity index (χ0v) is 14.7. The molecule has 3 rings (SSSR count). The lowest BCUT2D eigenvalue weighted by Gasteiger charge is -2.17. The van der Waals surface area contributed by atoms with Gasteiger partial charge in [0.1, 0.15) is 0 Å². The first-order valence-corrected chi connectivity index (χ1v) is 8.06. The van der Waals surface area contributed by atoms with Crippen LogP contribution in [-0.4, -0.2) is 20.7 Å². The number of aromatic nitrogens is 3. The number of pyridine rings is 1. The highest BCUT2D eigenvalue weighted by Gasteiger charge is 2.19. The maximum atomic E-state index is 12.9. The van der Waals surface area contributed by atoms with Crippen LogP contribution in [0.5, 0.6) is 0 Å². The molecular weight excluding hydrogens is 300 g/mol. The molecule has 0 aliphatic carbocycles. The highest BCUT2D eigenvalue weighted by molar-refractivity contribution is 6.06. The van der Waals surface area contributed by atoms with Gasteiger partial charge in [-0.25, -0.2) is 4.98 Å². The normalized spacial score (nSPS) is 12.4. The van der Waals surface area contributed by atoms with E-state index in [1.165, 1.54) is 5.56 Å². The van der Waals surface area contributed by atoms with Crippen molar-refractivity contribution in [2.75, 3.05) is 0 Å². The average Bonchev–Trinajstić information content (AvgIpc) is 2.81. The smallest absolute Gasteiger partial charge is 0.252 e. The van der Waals surface area contributed by atoms with Crippen molar-refractivity contribution in [2.24, 2.45) is 7.05 Å². The topological polar surface area (TPSA) is 59.8 Å². The fraction of sp³-hybridized carbons (Fsp3) is 0.316. The minimum Gasteiger partial charge on any atom is -0.345 e. The molecule has 1 N–H and O–H groups in total. The maximum absolute atomic E-state index is 12.9. The maximum Gasteiger partial charge on any atom is 0.252 e. The molecule has 0 bridgehead atoms. The summed E-state index contributed by atoms with van der Waals surface area (Å²) < 4.78 is 1.72. The Labute approximate surface area is 141 Å². The van der Waals surface area contributed by atoms with Crippen LogP contribution in [0.25, 0.3) is 11.0 Å². The minimum absolute atomic E-state index is 0.0702. The fourth-order valence-electron chi connectivity index (χ4n) is 3.17. The van der Waals surface area contributed by atoms with E-state index in [0.717, 1.165) is 28.0 Å². The predicted molar refractivity (Wildman–Crippen MR) is 95.0 cm³/mol. The van der Waals surface area contributed by atoms with E-state index in [1.54, 1.807) is 4.68 Å². The first-order valence-electron chi connectivity index (χ1n) is 8.06. The largest absolute Gasteiger partial charge is 0.345 e. The summed E-state index contributed by atoms with van der Waals surface area (Å²) in [5.41, 5.74) is 5.27. The molecule has 0 radical (unpaired) electrons. The van der Waals surface area contributed by atoms with Crippen LogP contribution in [0.3, 0.4) is 0 Å². The zero-order chi connectivity index (χ0) is 17.4. The summed E-state index contributed by atoms with van der Waals surface area (Å²) in [6.45, 7) is 7.85. The van der Waals surface area contributed by atoms with Crippen LogP contribution in [0, 0.1) is 20.8 Å². The van der Waals surface area contributed by atoms with E-state index in [2.05, 4.69) is 28.4 Å². The second-order valence-corrected chi connectivity index (χ2v) is 6.27. The third kappa shape index (κ3) is 2.77. The number of hydrogen-bond acceptors (Lipinski definition) is 3. The Morgan fingerprint density at radius 2 is 1.92 bits per heavy atom. The molecule has 1 amide bonds. The Kier molecular flexibility index (Phi) is 4.09. The van der Waals surface area contributed by atoms with Crippen LogP contribution < -0.4 is 5.32 Å². The Morgan fingerprint density at radius 3 is 2.62 bits per heavy atom. The molecule has 24 heavy (non-hydrogen) atoms. The third-order valence-electron chi connectivity index (χ3n) is 4.34. The quantitative estimate of drug-likeness (QED) is 0.804. The van der Waals surface area contributed by atoms with Crippen molar-refractivity contribution in [2.45, 2.75) is 33.7 Å². The Morgan fingerprint density at radius 1 is 1.21 bits per heavy atom. The summed E-state index contributed by atoms with van der Waals surface area (Å²) in [4.78, 5) is 17.4. The van der Waals surface area contributed by atoms with Gasteiger partial charge in [0.15, 0.2) is 5.65 Å². The van der Waals surface area contributed by atoms with Gasteiger partial charge >= 0.3 is 0 Å². The Balaban J connectivity index is 1.99. The molecule has 2 aromatic heterocycles. The van der Waals surface area contributed by atoms with Crippen LogP contribution in [0.4, 0.5) is 0 Å². The molecule has 0 fully saturated rings. The van der Waals surface area contributed by atoms with Crippen LogP contribution in [0.1, 0.15) is 45.8 Å². The summed E-state index contributed by atoms with van der Waals surface area (Å²) in [5, 5.41) is 8.32. The average molecular weight is 322 g/mol. The van der Waals surface area contributed by atoms with Crippen molar-refractivity contribution in [1.82, 2.24) is 20.1 Å². The number of carbonyl (C=O) groups is 1. The van der Waals surface area contributed by atoms with Crippen molar-refractivity contribution in [3.05, 3.63) is 58.4 Å². The van der Waals surface area contributed by atoms with Gasteiger partial charge in [-0.05, 0) is 44.9 Å². The van der Waals surface area contributed by atoms with E-state index in [1.807, 2.05) is 52.1 Å². The Hall–Kier alpha value is -2.69. The predicted octanol–water partition coefficient (Wildman–Crippen LogP) is 3.38. The van der Waals surface area contributed by atoms with Crippen LogP contribution in [-0.2, 0) is 7.05 Å². The van der Waals surface area contributed by atoms with E-state index in [0.29, 0.717) is 5.56 Å². The summed E-state index contributed by atoms with van der Waals surface area (Å²) in [6, 6.07) is 9.85. The van der Waals surface area contributed by atoms with Gasteiger partial charge in [0, 0.05) is 12.7 Å². The van der Waals surface area contributed by atoms with Gasteiger partial charge in [-0.15, -0.1) is 0 Å². The second-order valence-electron chi connectivity index (χ2n) is 6.27. The highest BCUT2D eigenvalue weighted by Crippen LogP contribution is 2.23. The molecule has 0 aliphatic rings. The standard InChI is InChI=1S/C19H22N4O/c1-11-8-6-7-9-15(11)13(3)21-19(24)16-10-12(2)20-18-17(16)14(4)22-23(18)5/h6-10,13H,1-5H3,(H,21,24). The number of rotatable bonds is 3. The molecule has 0 saturated carbocycles. The summed E-state index contributed by atoms with van der Waals surface area (Å²) >= 11 is 0. The first-order chi connectivity index (χ1) is 11.4. The molecule has 0 saturated heterocycles. The number of carbonyl (C=O) groups excluding carboxylic acids is 1. The number of nitrogens with zero attached hydrogens (tertiary/aromatic N) is 3. The van der Waals surface area contributed by atoms with E-state index in [9.17, 15) is 4.79 Å². The third-order valence-corrected chi connectivity index (χ3v) is 4.34.